The molecular weight excluding hydrogens is 300 g/mol. The number of carbonyl (C=O) groups excluding carboxylic acids is 1. The third kappa shape index (κ3) is 4.15. The van der Waals surface area contributed by atoms with E-state index in [-0.39, 0.29) is 16.9 Å². The molecule has 2 aromatic carbocycles. The number of phenols is 1. The van der Waals surface area contributed by atoms with Crippen LogP contribution in [0, 0.1) is 0 Å². The van der Waals surface area contributed by atoms with Crippen molar-refractivity contribution in [1.82, 2.24) is 0 Å². The molecule has 5 heteroatoms. The molecule has 0 fully saturated rings. The van der Waals surface area contributed by atoms with Crippen molar-refractivity contribution in [2.75, 3.05) is 10.6 Å². The zero-order valence-electron chi connectivity index (χ0n) is 12.8. The van der Waals surface area contributed by atoms with E-state index in [1.54, 1.807) is 6.07 Å². The Morgan fingerprint density at radius 3 is 2.27 bits per heavy atom. The van der Waals surface area contributed by atoms with Gasteiger partial charge in [-0.25, -0.2) is 4.79 Å². The minimum absolute atomic E-state index is 0.0392. The average Bonchev–Trinajstić information content (AvgIpc) is 2.42. The van der Waals surface area contributed by atoms with E-state index < -0.39 is 6.03 Å². The van der Waals surface area contributed by atoms with Gasteiger partial charge in [-0.2, -0.15) is 0 Å². The zero-order valence-corrected chi connectivity index (χ0v) is 13.5. The number of nitrogens with one attached hydrogen (secondary N) is 2. The molecule has 116 valence electrons. The first-order chi connectivity index (χ1) is 10.3. The van der Waals surface area contributed by atoms with Gasteiger partial charge in [0.1, 0.15) is 5.75 Å². The second-order valence-corrected chi connectivity index (χ2v) is 6.50. The summed E-state index contributed by atoms with van der Waals surface area (Å²) in [5.74, 6) is -0.0392. The molecule has 0 unspecified atom stereocenters. The van der Waals surface area contributed by atoms with Crippen molar-refractivity contribution in [3.05, 3.63) is 53.1 Å². The van der Waals surface area contributed by atoms with Gasteiger partial charge in [0.25, 0.3) is 0 Å². The molecule has 0 aliphatic carbocycles. The quantitative estimate of drug-likeness (QED) is 0.683. The molecular formula is C17H19ClN2O2. The van der Waals surface area contributed by atoms with Crippen molar-refractivity contribution in [2.24, 2.45) is 0 Å². The molecule has 2 amide bonds. The summed E-state index contributed by atoms with van der Waals surface area (Å²) in [6, 6.07) is 11.7. The van der Waals surface area contributed by atoms with Gasteiger partial charge in [-0.3, -0.25) is 0 Å². The van der Waals surface area contributed by atoms with Gasteiger partial charge in [-0.05, 0) is 41.3 Å². The fraction of sp³-hybridized carbons (Fsp3) is 0.235. The normalized spacial score (nSPS) is 11.1. The van der Waals surface area contributed by atoms with Crippen molar-refractivity contribution in [3.63, 3.8) is 0 Å². The first kappa shape index (κ1) is 16.2. The van der Waals surface area contributed by atoms with Crippen molar-refractivity contribution < 1.29 is 9.90 Å². The summed E-state index contributed by atoms with van der Waals surface area (Å²) in [6.45, 7) is 6.39. The Morgan fingerprint density at radius 1 is 1.05 bits per heavy atom. The molecule has 3 N–H and O–H groups in total. The molecule has 2 aromatic rings. The monoisotopic (exact) mass is 318 g/mol. The van der Waals surface area contributed by atoms with Crippen LogP contribution < -0.4 is 10.6 Å². The molecule has 22 heavy (non-hydrogen) atoms. The second-order valence-electron chi connectivity index (χ2n) is 6.07. The molecule has 0 saturated heterocycles. The molecule has 0 aliphatic heterocycles. The summed E-state index contributed by atoms with van der Waals surface area (Å²) in [6.07, 6.45) is 0. The van der Waals surface area contributed by atoms with E-state index in [2.05, 4.69) is 31.4 Å². The Hall–Kier alpha value is -2.20. The lowest BCUT2D eigenvalue weighted by molar-refractivity contribution is 0.262. The maximum atomic E-state index is 12.0. The summed E-state index contributed by atoms with van der Waals surface area (Å²) in [5.41, 5.74) is 2.18. The van der Waals surface area contributed by atoms with Crippen LogP contribution in [0.15, 0.2) is 42.5 Å². The fourth-order valence-corrected chi connectivity index (χ4v) is 2.12. The Balaban J connectivity index is 2.04. The number of benzene rings is 2. The number of hydrogen-bond donors (Lipinski definition) is 3. The van der Waals surface area contributed by atoms with Gasteiger partial charge in [0.05, 0.1) is 5.69 Å². The zero-order chi connectivity index (χ0) is 16.3. The number of carbonyl (C=O) groups is 1. The Morgan fingerprint density at radius 2 is 1.68 bits per heavy atom. The van der Waals surface area contributed by atoms with E-state index in [9.17, 15) is 9.90 Å². The molecule has 2 rings (SSSR count). The van der Waals surface area contributed by atoms with E-state index in [1.165, 1.54) is 17.7 Å². The van der Waals surface area contributed by atoms with Crippen molar-refractivity contribution in [1.29, 1.82) is 0 Å². The van der Waals surface area contributed by atoms with Gasteiger partial charge in [0.15, 0.2) is 0 Å². The summed E-state index contributed by atoms with van der Waals surface area (Å²) in [5, 5.41) is 15.4. The van der Waals surface area contributed by atoms with Gasteiger partial charge in [-0.1, -0.05) is 44.5 Å². The summed E-state index contributed by atoms with van der Waals surface area (Å²) in [4.78, 5) is 12.0. The average molecular weight is 319 g/mol. The number of phenolic OH excluding ortho intramolecular Hbond substituents is 1. The minimum atomic E-state index is -0.443. The molecule has 0 heterocycles. The second kappa shape index (κ2) is 6.28. The SMILES string of the molecule is CC(C)(C)c1ccc(NC(=O)Nc2cc(Cl)ccc2O)cc1. The Labute approximate surface area is 135 Å². The lowest BCUT2D eigenvalue weighted by Gasteiger charge is -2.19. The summed E-state index contributed by atoms with van der Waals surface area (Å²) >= 11 is 5.84. The van der Waals surface area contributed by atoms with E-state index in [0.717, 1.165) is 0 Å². The van der Waals surface area contributed by atoms with Crippen LogP contribution in [-0.2, 0) is 5.41 Å². The highest BCUT2D eigenvalue weighted by Gasteiger charge is 2.13. The van der Waals surface area contributed by atoms with E-state index >= 15 is 0 Å². The van der Waals surface area contributed by atoms with Crippen molar-refractivity contribution in [2.45, 2.75) is 26.2 Å². The van der Waals surface area contributed by atoms with E-state index in [0.29, 0.717) is 10.7 Å². The number of rotatable bonds is 2. The summed E-state index contributed by atoms with van der Waals surface area (Å²) < 4.78 is 0. The lowest BCUT2D eigenvalue weighted by Crippen LogP contribution is -2.19. The lowest BCUT2D eigenvalue weighted by atomic mass is 9.87. The third-order valence-electron chi connectivity index (χ3n) is 3.22. The van der Waals surface area contributed by atoms with Gasteiger partial charge in [0, 0.05) is 10.7 Å². The smallest absolute Gasteiger partial charge is 0.323 e. The number of amides is 2. The van der Waals surface area contributed by atoms with Gasteiger partial charge in [0.2, 0.25) is 0 Å². The van der Waals surface area contributed by atoms with Crippen LogP contribution in [0.25, 0.3) is 0 Å². The van der Waals surface area contributed by atoms with Crippen molar-refractivity contribution >= 4 is 29.0 Å². The molecule has 0 aliphatic rings. The highest BCUT2D eigenvalue weighted by Crippen LogP contribution is 2.27. The van der Waals surface area contributed by atoms with Crippen LogP contribution in [0.3, 0.4) is 0 Å². The van der Waals surface area contributed by atoms with Gasteiger partial charge < -0.3 is 15.7 Å². The van der Waals surface area contributed by atoms with Crippen molar-refractivity contribution in [3.8, 4) is 5.75 Å². The van der Waals surface area contributed by atoms with Crippen LogP contribution in [0.2, 0.25) is 5.02 Å². The molecule has 0 spiro atoms. The van der Waals surface area contributed by atoms with Gasteiger partial charge >= 0.3 is 6.03 Å². The van der Waals surface area contributed by atoms with Gasteiger partial charge in [-0.15, -0.1) is 0 Å². The van der Waals surface area contributed by atoms with Crippen LogP contribution in [-0.4, -0.2) is 11.1 Å². The first-order valence-corrected chi connectivity index (χ1v) is 7.30. The third-order valence-corrected chi connectivity index (χ3v) is 3.45. The summed E-state index contributed by atoms with van der Waals surface area (Å²) in [7, 11) is 0. The maximum Gasteiger partial charge on any atom is 0.323 e. The predicted octanol–water partition coefficient (Wildman–Crippen LogP) is 4.99. The molecule has 0 radical (unpaired) electrons. The molecule has 0 bridgehead atoms. The largest absolute Gasteiger partial charge is 0.506 e. The van der Waals surface area contributed by atoms with Crippen LogP contribution in [0.1, 0.15) is 26.3 Å². The highest BCUT2D eigenvalue weighted by molar-refractivity contribution is 6.31. The van der Waals surface area contributed by atoms with Crippen LogP contribution in [0.5, 0.6) is 5.75 Å². The Bertz CT molecular complexity index is 676. The predicted molar refractivity (Wildman–Crippen MR) is 90.9 cm³/mol. The number of hydrogen-bond acceptors (Lipinski definition) is 2. The highest BCUT2D eigenvalue weighted by atomic mass is 35.5. The molecule has 4 nitrogen and oxygen atoms in total. The van der Waals surface area contributed by atoms with E-state index in [4.69, 9.17) is 11.6 Å². The first-order valence-electron chi connectivity index (χ1n) is 6.93. The van der Waals surface area contributed by atoms with Crippen LogP contribution in [0.4, 0.5) is 16.2 Å². The number of aromatic hydroxyl groups is 1. The van der Waals surface area contributed by atoms with Crippen LogP contribution >= 0.6 is 11.6 Å². The fourth-order valence-electron chi connectivity index (χ4n) is 1.95. The maximum absolute atomic E-state index is 12.0. The number of urea groups is 1. The molecule has 0 atom stereocenters. The number of anilines is 2. The number of halogens is 1. The standard InChI is InChI=1S/C17H19ClN2O2/c1-17(2,3)11-4-7-13(8-5-11)19-16(22)20-14-10-12(18)6-9-15(14)21/h4-10,21H,1-3H3,(H2,19,20,22). The minimum Gasteiger partial charge on any atom is -0.506 e. The topological polar surface area (TPSA) is 61.4 Å². The Kier molecular flexibility index (Phi) is 4.62. The molecule has 0 aromatic heterocycles. The molecule has 0 saturated carbocycles. The van der Waals surface area contributed by atoms with E-state index in [1.807, 2.05) is 24.3 Å².